The van der Waals surface area contributed by atoms with Crippen molar-refractivity contribution in [3.63, 3.8) is 0 Å². The number of phenols is 1. The van der Waals surface area contributed by atoms with Crippen LogP contribution in [0.2, 0.25) is 0 Å². The zero-order chi connectivity index (χ0) is 19.4. The van der Waals surface area contributed by atoms with Gasteiger partial charge >= 0.3 is 0 Å². The summed E-state index contributed by atoms with van der Waals surface area (Å²) in [5, 5.41) is 9.84. The van der Waals surface area contributed by atoms with E-state index in [2.05, 4.69) is 18.7 Å². The summed E-state index contributed by atoms with van der Waals surface area (Å²) in [5.74, 6) is 1.55. The van der Waals surface area contributed by atoms with Gasteiger partial charge < -0.3 is 14.9 Å². The van der Waals surface area contributed by atoms with Crippen molar-refractivity contribution in [1.29, 1.82) is 0 Å². The molecule has 27 heavy (non-hydrogen) atoms. The molecule has 6 nitrogen and oxygen atoms in total. The van der Waals surface area contributed by atoms with Crippen LogP contribution in [0.25, 0.3) is 0 Å². The van der Waals surface area contributed by atoms with Crippen LogP contribution in [0.4, 0.5) is 0 Å². The third-order valence-electron chi connectivity index (χ3n) is 5.64. The minimum atomic E-state index is 0.0288. The van der Waals surface area contributed by atoms with Crippen LogP contribution in [0.3, 0.4) is 0 Å². The molecule has 0 saturated carbocycles. The molecule has 2 aliphatic heterocycles. The molecule has 6 heteroatoms. The molecular formula is C21H31N3O3. The molecule has 1 aromatic carbocycles. The van der Waals surface area contributed by atoms with Crippen molar-refractivity contribution in [3.05, 3.63) is 29.8 Å². The molecule has 2 aliphatic rings. The number of aromatic hydroxyl groups is 1. The second-order valence-corrected chi connectivity index (χ2v) is 8.21. The fourth-order valence-electron chi connectivity index (χ4n) is 4.25. The molecule has 0 spiro atoms. The van der Waals surface area contributed by atoms with Crippen molar-refractivity contribution in [2.75, 3.05) is 45.8 Å². The maximum Gasteiger partial charge on any atom is 0.236 e. The number of hydrogen-bond donors (Lipinski definition) is 1. The lowest BCUT2D eigenvalue weighted by molar-refractivity contribution is -0.136. The van der Waals surface area contributed by atoms with E-state index < -0.39 is 0 Å². The number of carbonyl (C=O) groups excluding carboxylic acids is 2. The molecule has 1 N–H and O–H groups in total. The van der Waals surface area contributed by atoms with E-state index in [1.165, 1.54) is 6.42 Å². The Hall–Kier alpha value is -2.08. The van der Waals surface area contributed by atoms with Crippen molar-refractivity contribution in [2.45, 2.75) is 26.7 Å². The maximum absolute atomic E-state index is 12.6. The van der Waals surface area contributed by atoms with Gasteiger partial charge in [-0.15, -0.1) is 0 Å². The molecule has 0 aliphatic carbocycles. The fourth-order valence-corrected chi connectivity index (χ4v) is 4.25. The van der Waals surface area contributed by atoms with E-state index in [9.17, 15) is 14.7 Å². The number of nitrogens with zero attached hydrogens (tertiary/aromatic N) is 3. The van der Waals surface area contributed by atoms with Crippen LogP contribution in [0, 0.1) is 11.8 Å². The smallest absolute Gasteiger partial charge is 0.236 e. The Morgan fingerprint density at radius 1 is 0.963 bits per heavy atom. The molecule has 2 unspecified atom stereocenters. The first-order chi connectivity index (χ1) is 12.9. The Morgan fingerprint density at radius 2 is 1.59 bits per heavy atom. The number of phenolic OH excluding ortho intramolecular Hbond substituents is 1. The van der Waals surface area contributed by atoms with Crippen LogP contribution in [0.1, 0.15) is 25.8 Å². The predicted molar refractivity (Wildman–Crippen MR) is 104 cm³/mol. The molecule has 2 atom stereocenters. The predicted octanol–water partition coefficient (Wildman–Crippen LogP) is 1.58. The van der Waals surface area contributed by atoms with Gasteiger partial charge in [0.05, 0.1) is 13.0 Å². The first-order valence-corrected chi connectivity index (χ1v) is 9.97. The second kappa shape index (κ2) is 8.74. The summed E-state index contributed by atoms with van der Waals surface area (Å²) in [7, 11) is 0. The van der Waals surface area contributed by atoms with E-state index in [1.807, 2.05) is 15.9 Å². The minimum absolute atomic E-state index is 0.0288. The molecule has 0 bridgehead atoms. The Labute approximate surface area is 161 Å². The summed E-state index contributed by atoms with van der Waals surface area (Å²) in [5.41, 5.74) is 0.661. The lowest BCUT2D eigenvalue weighted by Gasteiger charge is -2.38. The van der Waals surface area contributed by atoms with Gasteiger partial charge in [0.15, 0.2) is 0 Å². The van der Waals surface area contributed by atoms with Crippen LogP contribution in [-0.4, -0.2) is 77.4 Å². The lowest BCUT2D eigenvalue weighted by Crippen LogP contribution is -2.53. The molecule has 2 amide bonds. The molecule has 3 rings (SSSR count). The van der Waals surface area contributed by atoms with E-state index in [4.69, 9.17) is 0 Å². The lowest BCUT2D eigenvalue weighted by atomic mass is 9.92. The van der Waals surface area contributed by atoms with Crippen molar-refractivity contribution < 1.29 is 14.7 Å². The van der Waals surface area contributed by atoms with Crippen molar-refractivity contribution in [1.82, 2.24) is 14.7 Å². The summed E-state index contributed by atoms with van der Waals surface area (Å²) in [6.45, 7) is 9.30. The van der Waals surface area contributed by atoms with E-state index in [0.29, 0.717) is 37.0 Å². The van der Waals surface area contributed by atoms with Gasteiger partial charge in [0.1, 0.15) is 5.75 Å². The molecular weight excluding hydrogens is 342 g/mol. The van der Waals surface area contributed by atoms with Crippen LogP contribution in [0.15, 0.2) is 24.3 Å². The number of amides is 2. The average molecular weight is 373 g/mol. The van der Waals surface area contributed by atoms with E-state index >= 15 is 0 Å². The molecule has 2 heterocycles. The Balaban J connectivity index is 1.45. The zero-order valence-corrected chi connectivity index (χ0v) is 16.4. The van der Waals surface area contributed by atoms with Crippen LogP contribution in [0.5, 0.6) is 5.75 Å². The quantitative estimate of drug-likeness (QED) is 0.870. The second-order valence-electron chi connectivity index (χ2n) is 8.21. The summed E-state index contributed by atoms with van der Waals surface area (Å²) < 4.78 is 0. The Morgan fingerprint density at radius 3 is 2.22 bits per heavy atom. The molecule has 2 fully saturated rings. The first kappa shape index (κ1) is 19.7. The number of para-hydroxylation sites is 1. The van der Waals surface area contributed by atoms with Crippen molar-refractivity contribution in [3.8, 4) is 5.75 Å². The Kier molecular flexibility index (Phi) is 6.37. The number of piperidine rings is 1. The topological polar surface area (TPSA) is 64.1 Å². The SMILES string of the molecule is CC1CC(C)CN(C(=O)CN2CCN(C(=O)Cc3ccccc3O)CC2)C1. The highest BCUT2D eigenvalue weighted by Crippen LogP contribution is 2.21. The van der Waals surface area contributed by atoms with Crippen LogP contribution >= 0.6 is 0 Å². The maximum atomic E-state index is 12.6. The number of likely N-dealkylation sites (tertiary alicyclic amines) is 1. The van der Waals surface area contributed by atoms with Crippen LogP contribution in [-0.2, 0) is 16.0 Å². The van der Waals surface area contributed by atoms with Crippen molar-refractivity contribution in [2.24, 2.45) is 11.8 Å². The highest BCUT2D eigenvalue weighted by atomic mass is 16.3. The first-order valence-electron chi connectivity index (χ1n) is 9.97. The molecule has 1 aromatic rings. The fraction of sp³-hybridized carbons (Fsp3) is 0.619. The summed E-state index contributed by atoms with van der Waals surface area (Å²) in [6.07, 6.45) is 1.41. The summed E-state index contributed by atoms with van der Waals surface area (Å²) >= 11 is 0. The molecule has 0 radical (unpaired) electrons. The molecule has 148 valence electrons. The number of benzene rings is 1. The third-order valence-corrected chi connectivity index (χ3v) is 5.64. The van der Waals surface area contributed by atoms with Gasteiger partial charge in [0.25, 0.3) is 0 Å². The van der Waals surface area contributed by atoms with Gasteiger partial charge in [-0.05, 0) is 24.3 Å². The van der Waals surface area contributed by atoms with E-state index in [-0.39, 0.29) is 24.0 Å². The average Bonchev–Trinajstić information content (AvgIpc) is 2.63. The van der Waals surface area contributed by atoms with Crippen LogP contribution < -0.4 is 0 Å². The summed E-state index contributed by atoms with van der Waals surface area (Å²) in [4.78, 5) is 31.1. The van der Waals surface area contributed by atoms with Gasteiger partial charge in [0.2, 0.25) is 11.8 Å². The van der Waals surface area contributed by atoms with Gasteiger partial charge in [-0.3, -0.25) is 14.5 Å². The monoisotopic (exact) mass is 373 g/mol. The third kappa shape index (κ3) is 5.22. The number of carbonyl (C=O) groups is 2. The Bertz CT molecular complexity index is 660. The number of rotatable bonds is 4. The van der Waals surface area contributed by atoms with Gasteiger partial charge in [-0.1, -0.05) is 32.0 Å². The highest BCUT2D eigenvalue weighted by Gasteiger charge is 2.28. The van der Waals surface area contributed by atoms with E-state index in [0.717, 1.165) is 26.2 Å². The molecule has 2 saturated heterocycles. The highest BCUT2D eigenvalue weighted by molar-refractivity contribution is 5.80. The standard InChI is InChI=1S/C21H31N3O3/c1-16-11-17(2)14-24(13-16)21(27)15-22-7-9-23(10-8-22)20(26)12-18-5-3-4-6-19(18)25/h3-6,16-17,25H,7-15H2,1-2H3. The number of hydrogen-bond acceptors (Lipinski definition) is 4. The zero-order valence-electron chi connectivity index (χ0n) is 16.4. The molecule has 0 aromatic heterocycles. The van der Waals surface area contributed by atoms with Gasteiger partial charge in [-0.2, -0.15) is 0 Å². The van der Waals surface area contributed by atoms with E-state index in [1.54, 1.807) is 18.2 Å². The van der Waals surface area contributed by atoms with Gasteiger partial charge in [0, 0.05) is 44.8 Å². The largest absolute Gasteiger partial charge is 0.508 e. The summed E-state index contributed by atoms with van der Waals surface area (Å²) in [6, 6.07) is 6.97. The normalized spacial score (nSPS) is 24.1. The number of piperazine rings is 1. The minimum Gasteiger partial charge on any atom is -0.508 e. The van der Waals surface area contributed by atoms with Crippen molar-refractivity contribution >= 4 is 11.8 Å². The van der Waals surface area contributed by atoms with Gasteiger partial charge in [-0.25, -0.2) is 0 Å².